The van der Waals surface area contributed by atoms with Gasteiger partial charge in [0.25, 0.3) is 0 Å². The molecule has 0 saturated carbocycles. The highest BCUT2D eigenvalue weighted by molar-refractivity contribution is 5.75. The Bertz CT molecular complexity index is 175. The molecule has 2 nitrogen and oxygen atoms in total. The second-order valence-corrected chi connectivity index (χ2v) is 4.17. The highest BCUT2D eigenvalue weighted by Crippen LogP contribution is 2.15. The normalized spacial score (nSPS) is 12.0. The second kappa shape index (κ2) is 5.79. The molecule has 13 heavy (non-hydrogen) atoms. The molecule has 0 aromatic heterocycles. The molecular formula is C11H20O2. The average Bonchev–Trinajstić information content (AvgIpc) is 2.02. The summed E-state index contributed by atoms with van der Waals surface area (Å²) in [7, 11) is 0. The number of carbonyl (C=O) groups excluding carboxylic acids is 1. The van der Waals surface area contributed by atoms with Crippen molar-refractivity contribution in [2.75, 3.05) is 0 Å². The van der Waals surface area contributed by atoms with Gasteiger partial charge in [-0.1, -0.05) is 13.3 Å². The van der Waals surface area contributed by atoms with Gasteiger partial charge in [0.1, 0.15) is 0 Å². The van der Waals surface area contributed by atoms with Crippen molar-refractivity contribution in [3.63, 3.8) is 0 Å². The van der Waals surface area contributed by atoms with Gasteiger partial charge in [0.15, 0.2) is 0 Å². The zero-order chi connectivity index (χ0) is 10.3. The number of carbonyl (C=O) groups is 1. The SMILES string of the molecule is CCCC/C=C/OC(=O)C(C)(C)C. The van der Waals surface area contributed by atoms with Gasteiger partial charge < -0.3 is 4.74 Å². The van der Waals surface area contributed by atoms with Crippen LogP contribution in [0.1, 0.15) is 47.0 Å². The number of ether oxygens (including phenoxy) is 1. The molecule has 0 spiro atoms. The van der Waals surface area contributed by atoms with Gasteiger partial charge in [0, 0.05) is 0 Å². The summed E-state index contributed by atoms with van der Waals surface area (Å²) in [6.45, 7) is 7.66. The Labute approximate surface area is 81.0 Å². The molecule has 2 heteroatoms. The standard InChI is InChI=1S/C11H20O2/c1-5-6-7-8-9-13-10(12)11(2,3)4/h8-9H,5-7H2,1-4H3/b9-8+. The van der Waals surface area contributed by atoms with Crippen LogP contribution >= 0.6 is 0 Å². The van der Waals surface area contributed by atoms with Crippen LogP contribution in [0.4, 0.5) is 0 Å². The summed E-state index contributed by atoms with van der Waals surface area (Å²) in [5.41, 5.74) is -0.408. The molecule has 76 valence electrons. The van der Waals surface area contributed by atoms with Crippen LogP contribution in [0.3, 0.4) is 0 Å². The number of esters is 1. The molecule has 0 heterocycles. The number of allylic oxidation sites excluding steroid dienone is 1. The minimum absolute atomic E-state index is 0.180. The van der Waals surface area contributed by atoms with Crippen LogP contribution in [0, 0.1) is 5.41 Å². The predicted molar refractivity (Wildman–Crippen MR) is 54.2 cm³/mol. The van der Waals surface area contributed by atoms with Gasteiger partial charge in [0.05, 0.1) is 11.7 Å². The minimum Gasteiger partial charge on any atom is -0.434 e. The Balaban J connectivity index is 3.64. The average molecular weight is 184 g/mol. The van der Waals surface area contributed by atoms with E-state index in [0.717, 1.165) is 19.3 Å². The van der Waals surface area contributed by atoms with Crippen molar-refractivity contribution in [1.29, 1.82) is 0 Å². The molecule has 0 aliphatic heterocycles. The summed E-state index contributed by atoms with van der Waals surface area (Å²) < 4.78 is 4.93. The maximum atomic E-state index is 11.2. The Kier molecular flexibility index (Phi) is 5.44. The molecule has 0 radical (unpaired) electrons. The Morgan fingerprint density at radius 2 is 2.00 bits per heavy atom. The van der Waals surface area contributed by atoms with E-state index < -0.39 is 5.41 Å². The summed E-state index contributed by atoms with van der Waals surface area (Å²) >= 11 is 0. The monoisotopic (exact) mass is 184 g/mol. The molecule has 0 unspecified atom stereocenters. The molecule has 0 amide bonds. The van der Waals surface area contributed by atoms with E-state index in [4.69, 9.17) is 4.74 Å². The van der Waals surface area contributed by atoms with Crippen LogP contribution in [0.5, 0.6) is 0 Å². The van der Waals surface area contributed by atoms with Gasteiger partial charge >= 0.3 is 5.97 Å². The first-order valence-electron chi connectivity index (χ1n) is 4.84. The predicted octanol–water partition coefficient (Wildman–Crippen LogP) is 3.28. The Morgan fingerprint density at radius 1 is 1.38 bits per heavy atom. The highest BCUT2D eigenvalue weighted by Gasteiger charge is 2.21. The molecule has 0 bridgehead atoms. The smallest absolute Gasteiger partial charge is 0.316 e. The fraction of sp³-hybridized carbons (Fsp3) is 0.727. The highest BCUT2D eigenvalue weighted by atomic mass is 16.5. The van der Waals surface area contributed by atoms with E-state index in [1.165, 1.54) is 6.26 Å². The van der Waals surface area contributed by atoms with Crippen LogP contribution in [0.15, 0.2) is 12.3 Å². The van der Waals surface area contributed by atoms with Crippen molar-refractivity contribution in [1.82, 2.24) is 0 Å². The van der Waals surface area contributed by atoms with Crippen LogP contribution in [0.2, 0.25) is 0 Å². The lowest BCUT2D eigenvalue weighted by atomic mass is 9.98. The summed E-state index contributed by atoms with van der Waals surface area (Å²) in [5, 5.41) is 0. The molecule has 0 N–H and O–H groups in total. The van der Waals surface area contributed by atoms with Gasteiger partial charge in [-0.15, -0.1) is 0 Å². The van der Waals surface area contributed by atoms with Gasteiger partial charge in [-0.25, -0.2) is 0 Å². The number of hydrogen-bond donors (Lipinski definition) is 0. The summed E-state index contributed by atoms with van der Waals surface area (Å²) in [5.74, 6) is -0.180. The Hall–Kier alpha value is -0.790. The number of unbranched alkanes of at least 4 members (excludes halogenated alkanes) is 2. The van der Waals surface area contributed by atoms with E-state index in [-0.39, 0.29) is 5.97 Å². The van der Waals surface area contributed by atoms with Crippen LogP contribution in [-0.4, -0.2) is 5.97 Å². The van der Waals surface area contributed by atoms with Gasteiger partial charge in [-0.3, -0.25) is 4.79 Å². The third kappa shape index (κ3) is 6.38. The molecule has 0 atom stereocenters. The van der Waals surface area contributed by atoms with Crippen molar-refractivity contribution in [2.24, 2.45) is 5.41 Å². The minimum atomic E-state index is -0.408. The first kappa shape index (κ1) is 12.2. The molecule has 0 fully saturated rings. The van der Waals surface area contributed by atoms with E-state index in [1.807, 2.05) is 26.8 Å². The van der Waals surface area contributed by atoms with Gasteiger partial charge in [-0.05, 0) is 39.7 Å². The molecule has 0 saturated heterocycles. The van der Waals surface area contributed by atoms with E-state index >= 15 is 0 Å². The van der Waals surface area contributed by atoms with Crippen LogP contribution in [0.25, 0.3) is 0 Å². The summed E-state index contributed by atoms with van der Waals surface area (Å²) in [6.07, 6.45) is 6.69. The first-order valence-corrected chi connectivity index (χ1v) is 4.84. The van der Waals surface area contributed by atoms with Gasteiger partial charge in [-0.2, -0.15) is 0 Å². The molecular weight excluding hydrogens is 164 g/mol. The quantitative estimate of drug-likeness (QED) is 0.381. The van der Waals surface area contributed by atoms with Crippen molar-refractivity contribution in [3.8, 4) is 0 Å². The largest absolute Gasteiger partial charge is 0.434 e. The molecule has 0 aromatic rings. The second-order valence-electron chi connectivity index (χ2n) is 4.17. The maximum absolute atomic E-state index is 11.2. The zero-order valence-corrected chi connectivity index (χ0v) is 9.09. The van der Waals surface area contributed by atoms with Crippen LogP contribution in [-0.2, 0) is 9.53 Å². The number of hydrogen-bond acceptors (Lipinski definition) is 2. The first-order chi connectivity index (χ1) is 5.98. The van der Waals surface area contributed by atoms with Crippen molar-refractivity contribution < 1.29 is 9.53 Å². The molecule has 0 aromatic carbocycles. The Morgan fingerprint density at radius 3 is 2.46 bits per heavy atom. The van der Waals surface area contributed by atoms with Crippen molar-refractivity contribution in [2.45, 2.75) is 47.0 Å². The summed E-state index contributed by atoms with van der Waals surface area (Å²) in [6, 6.07) is 0. The fourth-order valence-corrected chi connectivity index (χ4v) is 0.677. The van der Waals surface area contributed by atoms with Crippen molar-refractivity contribution in [3.05, 3.63) is 12.3 Å². The van der Waals surface area contributed by atoms with Crippen LogP contribution < -0.4 is 0 Å². The van der Waals surface area contributed by atoms with E-state index in [0.29, 0.717) is 0 Å². The number of rotatable bonds is 4. The summed E-state index contributed by atoms with van der Waals surface area (Å²) in [4.78, 5) is 11.2. The zero-order valence-electron chi connectivity index (χ0n) is 9.09. The fourth-order valence-electron chi connectivity index (χ4n) is 0.677. The third-order valence-electron chi connectivity index (χ3n) is 1.61. The van der Waals surface area contributed by atoms with Crippen molar-refractivity contribution >= 4 is 5.97 Å². The molecule has 0 aliphatic carbocycles. The lowest BCUT2D eigenvalue weighted by Gasteiger charge is -2.13. The topological polar surface area (TPSA) is 26.3 Å². The maximum Gasteiger partial charge on any atom is 0.316 e. The lowest BCUT2D eigenvalue weighted by Crippen LogP contribution is -2.20. The van der Waals surface area contributed by atoms with E-state index in [2.05, 4.69) is 6.92 Å². The third-order valence-corrected chi connectivity index (χ3v) is 1.61. The van der Waals surface area contributed by atoms with E-state index in [9.17, 15) is 4.79 Å². The molecule has 0 aliphatic rings. The van der Waals surface area contributed by atoms with Gasteiger partial charge in [0.2, 0.25) is 0 Å². The van der Waals surface area contributed by atoms with E-state index in [1.54, 1.807) is 0 Å². The lowest BCUT2D eigenvalue weighted by molar-refractivity contribution is -0.146. The molecule has 0 rings (SSSR count).